The molecule has 1 aromatic carbocycles. The smallest absolute Gasteiger partial charge is 0.196 e. The van der Waals surface area contributed by atoms with Crippen molar-refractivity contribution >= 4 is 5.78 Å². The van der Waals surface area contributed by atoms with Gasteiger partial charge < -0.3 is 4.74 Å². The minimum absolute atomic E-state index is 0.0192. The Bertz CT molecular complexity index is 575. The van der Waals surface area contributed by atoms with Gasteiger partial charge in [-0.25, -0.2) is 0 Å². The van der Waals surface area contributed by atoms with Crippen LogP contribution in [0, 0.1) is 0 Å². The molecular formula is C16H20N2O2. The zero-order valence-electron chi connectivity index (χ0n) is 12.0. The molecule has 2 aromatic rings. The lowest BCUT2D eigenvalue weighted by molar-refractivity contribution is 0.103. The van der Waals surface area contributed by atoms with Crippen molar-refractivity contribution in [2.75, 3.05) is 6.61 Å². The van der Waals surface area contributed by atoms with Crippen LogP contribution in [0.3, 0.4) is 0 Å². The van der Waals surface area contributed by atoms with E-state index in [-0.39, 0.29) is 5.78 Å². The molecule has 20 heavy (non-hydrogen) atoms. The van der Waals surface area contributed by atoms with Crippen molar-refractivity contribution in [3.63, 3.8) is 0 Å². The van der Waals surface area contributed by atoms with Crippen LogP contribution in [0.25, 0.3) is 0 Å². The molecule has 0 saturated heterocycles. The van der Waals surface area contributed by atoms with Gasteiger partial charge in [-0.2, -0.15) is 5.10 Å². The third-order valence-electron chi connectivity index (χ3n) is 2.92. The van der Waals surface area contributed by atoms with E-state index in [9.17, 15) is 4.79 Å². The van der Waals surface area contributed by atoms with Crippen molar-refractivity contribution in [1.82, 2.24) is 9.78 Å². The molecule has 0 radical (unpaired) electrons. The topological polar surface area (TPSA) is 44.1 Å². The molecule has 0 saturated carbocycles. The van der Waals surface area contributed by atoms with Crippen LogP contribution < -0.4 is 4.74 Å². The number of rotatable bonds is 7. The summed E-state index contributed by atoms with van der Waals surface area (Å²) in [6.07, 6.45) is 5.36. The summed E-state index contributed by atoms with van der Waals surface area (Å²) in [4.78, 5) is 12.4. The van der Waals surface area contributed by atoms with E-state index >= 15 is 0 Å². The van der Waals surface area contributed by atoms with Gasteiger partial charge in [-0.1, -0.05) is 26.0 Å². The maximum Gasteiger partial charge on any atom is 0.196 e. The zero-order chi connectivity index (χ0) is 14.4. The predicted octanol–water partition coefficient (Wildman–Crippen LogP) is 3.31. The predicted molar refractivity (Wildman–Crippen MR) is 78.2 cm³/mol. The fraction of sp³-hybridized carbons (Fsp3) is 0.375. The Morgan fingerprint density at radius 2 is 2.10 bits per heavy atom. The quantitative estimate of drug-likeness (QED) is 0.726. The molecule has 0 atom stereocenters. The second-order valence-electron chi connectivity index (χ2n) is 4.70. The zero-order valence-corrected chi connectivity index (χ0v) is 12.0. The van der Waals surface area contributed by atoms with Crippen molar-refractivity contribution in [2.45, 2.75) is 33.2 Å². The number of carbonyl (C=O) groups is 1. The minimum Gasteiger partial charge on any atom is -0.494 e. The molecule has 0 N–H and O–H groups in total. The lowest BCUT2D eigenvalue weighted by Crippen LogP contribution is -2.02. The molecule has 0 fully saturated rings. The summed E-state index contributed by atoms with van der Waals surface area (Å²) in [6, 6.07) is 7.30. The summed E-state index contributed by atoms with van der Waals surface area (Å²) in [5, 5.41) is 4.19. The van der Waals surface area contributed by atoms with Crippen LogP contribution in [0.1, 0.15) is 42.6 Å². The van der Waals surface area contributed by atoms with E-state index < -0.39 is 0 Å². The fourth-order valence-corrected chi connectivity index (χ4v) is 1.95. The summed E-state index contributed by atoms with van der Waals surface area (Å²) in [6.45, 7) is 5.62. The van der Waals surface area contributed by atoms with Gasteiger partial charge in [0.15, 0.2) is 5.78 Å². The number of nitrogens with zero attached hydrogens (tertiary/aromatic N) is 2. The number of hydrogen-bond acceptors (Lipinski definition) is 3. The fourth-order valence-electron chi connectivity index (χ4n) is 1.95. The summed E-state index contributed by atoms with van der Waals surface area (Å²) in [5.41, 5.74) is 1.25. The van der Waals surface area contributed by atoms with Gasteiger partial charge >= 0.3 is 0 Å². The van der Waals surface area contributed by atoms with Crippen molar-refractivity contribution < 1.29 is 9.53 Å². The molecule has 0 aliphatic heterocycles. The van der Waals surface area contributed by atoms with E-state index in [1.807, 2.05) is 12.1 Å². The van der Waals surface area contributed by atoms with Gasteiger partial charge in [-0.3, -0.25) is 9.48 Å². The monoisotopic (exact) mass is 272 g/mol. The number of benzene rings is 1. The Kier molecular flexibility index (Phi) is 4.93. The van der Waals surface area contributed by atoms with Crippen molar-refractivity contribution in [2.24, 2.45) is 0 Å². The third-order valence-corrected chi connectivity index (χ3v) is 2.92. The van der Waals surface area contributed by atoms with Crippen LogP contribution >= 0.6 is 0 Å². The third kappa shape index (κ3) is 3.47. The molecule has 4 heteroatoms. The van der Waals surface area contributed by atoms with Crippen LogP contribution in [-0.2, 0) is 6.54 Å². The first kappa shape index (κ1) is 14.3. The van der Waals surface area contributed by atoms with Gasteiger partial charge in [-0.05, 0) is 25.0 Å². The van der Waals surface area contributed by atoms with E-state index in [1.54, 1.807) is 29.2 Å². The van der Waals surface area contributed by atoms with Crippen LogP contribution in [0.5, 0.6) is 5.75 Å². The molecule has 0 aliphatic rings. The highest BCUT2D eigenvalue weighted by atomic mass is 16.5. The number of aromatic nitrogens is 2. The molecular weight excluding hydrogens is 252 g/mol. The molecule has 0 unspecified atom stereocenters. The van der Waals surface area contributed by atoms with Crippen LogP contribution in [0.4, 0.5) is 0 Å². The minimum atomic E-state index is -0.0192. The second-order valence-corrected chi connectivity index (χ2v) is 4.70. The number of ketones is 1. The summed E-state index contributed by atoms with van der Waals surface area (Å²) in [7, 11) is 0. The van der Waals surface area contributed by atoms with Gasteiger partial charge in [0.25, 0.3) is 0 Å². The van der Waals surface area contributed by atoms with Crippen LogP contribution in [0.15, 0.2) is 36.7 Å². The SMILES string of the molecule is CCCOc1cccc(C(=O)c2cnn(CCC)c2)c1. The molecule has 0 aliphatic carbocycles. The molecule has 1 heterocycles. The Labute approximate surface area is 119 Å². The highest BCUT2D eigenvalue weighted by Gasteiger charge is 2.12. The summed E-state index contributed by atoms with van der Waals surface area (Å²) < 4.78 is 7.35. The first-order valence-corrected chi connectivity index (χ1v) is 7.04. The van der Waals surface area contributed by atoms with Gasteiger partial charge in [-0.15, -0.1) is 0 Å². The van der Waals surface area contributed by atoms with Gasteiger partial charge in [0.05, 0.1) is 18.4 Å². The molecule has 0 amide bonds. The van der Waals surface area contributed by atoms with E-state index in [2.05, 4.69) is 18.9 Å². The van der Waals surface area contributed by atoms with Gasteiger partial charge in [0.1, 0.15) is 5.75 Å². The average Bonchev–Trinajstić information content (AvgIpc) is 2.93. The maximum absolute atomic E-state index is 12.4. The highest BCUT2D eigenvalue weighted by molar-refractivity contribution is 6.08. The Balaban J connectivity index is 2.15. The summed E-state index contributed by atoms with van der Waals surface area (Å²) >= 11 is 0. The number of ether oxygens (including phenoxy) is 1. The van der Waals surface area contributed by atoms with Crippen molar-refractivity contribution in [3.05, 3.63) is 47.8 Å². The molecule has 1 aromatic heterocycles. The largest absolute Gasteiger partial charge is 0.494 e. The van der Waals surface area contributed by atoms with Crippen molar-refractivity contribution in [3.8, 4) is 5.75 Å². The molecule has 2 rings (SSSR count). The highest BCUT2D eigenvalue weighted by Crippen LogP contribution is 2.17. The van der Waals surface area contributed by atoms with Crippen LogP contribution in [-0.4, -0.2) is 22.2 Å². The number of hydrogen-bond donors (Lipinski definition) is 0. The lowest BCUT2D eigenvalue weighted by Gasteiger charge is -2.05. The normalized spacial score (nSPS) is 10.5. The molecule has 4 nitrogen and oxygen atoms in total. The number of carbonyl (C=O) groups excluding carboxylic acids is 1. The van der Waals surface area contributed by atoms with Crippen molar-refractivity contribution in [1.29, 1.82) is 0 Å². The van der Waals surface area contributed by atoms with E-state index in [1.165, 1.54) is 0 Å². The van der Waals surface area contributed by atoms with E-state index in [0.29, 0.717) is 17.7 Å². The van der Waals surface area contributed by atoms with Crippen LogP contribution in [0.2, 0.25) is 0 Å². The Morgan fingerprint density at radius 1 is 1.25 bits per heavy atom. The van der Waals surface area contributed by atoms with E-state index in [4.69, 9.17) is 4.74 Å². The first-order chi connectivity index (χ1) is 9.74. The maximum atomic E-state index is 12.4. The Morgan fingerprint density at radius 3 is 2.85 bits per heavy atom. The van der Waals surface area contributed by atoms with Gasteiger partial charge in [0, 0.05) is 18.3 Å². The van der Waals surface area contributed by atoms with Gasteiger partial charge in [0.2, 0.25) is 0 Å². The average molecular weight is 272 g/mol. The molecule has 0 bridgehead atoms. The second kappa shape index (κ2) is 6.89. The lowest BCUT2D eigenvalue weighted by atomic mass is 10.1. The van der Waals surface area contributed by atoms with E-state index in [0.717, 1.165) is 25.1 Å². The first-order valence-electron chi connectivity index (χ1n) is 7.04. The molecule has 106 valence electrons. The Hall–Kier alpha value is -2.10. The standard InChI is InChI=1S/C16H20N2O2/c1-3-8-18-12-14(11-17-18)16(19)13-6-5-7-15(10-13)20-9-4-2/h5-7,10-12H,3-4,8-9H2,1-2H3. The molecule has 0 spiro atoms. The number of aryl methyl sites for hydroxylation is 1. The summed E-state index contributed by atoms with van der Waals surface area (Å²) in [5.74, 6) is 0.716.